The molecule has 0 atom stereocenters. The Balaban J connectivity index is 2.27. The van der Waals surface area contributed by atoms with E-state index in [2.05, 4.69) is 64.2 Å². The molecule has 0 bridgehead atoms. The maximum Gasteiger partial charge on any atom is 0.421 e. The van der Waals surface area contributed by atoms with Crippen LogP contribution in [0.1, 0.15) is 20.8 Å². The van der Waals surface area contributed by atoms with Crippen LogP contribution in [0.4, 0.5) is 17.3 Å². The van der Waals surface area contributed by atoms with Crippen molar-refractivity contribution < 1.29 is 4.57 Å². The molecule has 0 aliphatic rings. The second kappa shape index (κ2) is 7.02. The number of hydrogen-bond acceptors (Lipinski definition) is 3. The molecular weight excluding hydrogens is 262 g/mol. The van der Waals surface area contributed by atoms with Crippen LogP contribution in [0.15, 0.2) is 46.9 Å². The van der Waals surface area contributed by atoms with E-state index in [-0.39, 0.29) is 0 Å². The lowest BCUT2D eigenvalue weighted by Gasteiger charge is -2.16. The van der Waals surface area contributed by atoms with E-state index in [9.17, 15) is 0 Å². The first-order valence-electron chi connectivity index (χ1n) is 7.51. The predicted octanol–water partition coefficient (Wildman–Crippen LogP) is 3.69. The molecule has 0 saturated carbocycles. The number of nitrogens with zero attached hydrogens (tertiary/aromatic N) is 5. The molecule has 0 fully saturated rings. The van der Waals surface area contributed by atoms with E-state index in [1.165, 1.54) is 0 Å². The molecular formula is C16H24N5+. The van der Waals surface area contributed by atoms with Crippen LogP contribution in [0, 0.1) is 0 Å². The van der Waals surface area contributed by atoms with Gasteiger partial charge in [0, 0.05) is 24.4 Å². The van der Waals surface area contributed by atoms with E-state index in [0.717, 1.165) is 37.0 Å². The van der Waals surface area contributed by atoms with Crippen molar-refractivity contribution in [3.63, 3.8) is 0 Å². The molecule has 1 heterocycles. The zero-order valence-electron chi connectivity index (χ0n) is 13.3. The van der Waals surface area contributed by atoms with Gasteiger partial charge in [0.15, 0.2) is 0 Å². The zero-order valence-corrected chi connectivity index (χ0v) is 13.3. The van der Waals surface area contributed by atoms with Crippen LogP contribution in [0.5, 0.6) is 0 Å². The topological polar surface area (TPSA) is 36.8 Å². The highest BCUT2D eigenvalue weighted by atomic mass is 15.3. The van der Waals surface area contributed by atoms with E-state index in [0.29, 0.717) is 0 Å². The number of imidazole rings is 1. The quantitative estimate of drug-likeness (QED) is 0.589. The summed E-state index contributed by atoms with van der Waals surface area (Å²) in [5.41, 5.74) is 2.03. The maximum absolute atomic E-state index is 4.44. The summed E-state index contributed by atoms with van der Waals surface area (Å²) in [5.74, 6) is 0.884. The Morgan fingerprint density at radius 3 is 2.67 bits per heavy atom. The average Bonchev–Trinajstić information content (AvgIpc) is 2.94. The van der Waals surface area contributed by atoms with Crippen molar-refractivity contribution in [2.75, 3.05) is 18.5 Å². The van der Waals surface area contributed by atoms with Crippen molar-refractivity contribution in [3.05, 3.63) is 36.7 Å². The normalized spacial score (nSPS) is 11.2. The molecule has 21 heavy (non-hydrogen) atoms. The fourth-order valence-electron chi connectivity index (χ4n) is 2.15. The van der Waals surface area contributed by atoms with Crippen LogP contribution < -0.4 is 9.47 Å². The van der Waals surface area contributed by atoms with Gasteiger partial charge in [-0.3, -0.25) is 0 Å². The molecule has 0 spiro atoms. The number of benzene rings is 1. The summed E-state index contributed by atoms with van der Waals surface area (Å²) in [6.45, 7) is 9.09. The predicted molar refractivity (Wildman–Crippen MR) is 85.5 cm³/mol. The summed E-state index contributed by atoms with van der Waals surface area (Å²) in [6, 6.07) is 8.14. The molecule has 1 aromatic carbocycles. The molecule has 112 valence electrons. The van der Waals surface area contributed by atoms with Gasteiger partial charge < -0.3 is 4.90 Å². The highest BCUT2D eigenvalue weighted by Gasteiger charge is 2.14. The smallest absolute Gasteiger partial charge is 0.375 e. The van der Waals surface area contributed by atoms with Gasteiger partial charge in [-0.1, -0.05) is 11.2 Å². The average molecular weight is 286 g/mol. The molecule has 2 rings (SSSR count). The van der Waals surface area contributed by atoms with Gasteiger partial charge in [-0.15, -0.1) is 0 Å². The van der Waals surface area contributed by atoms with Crippen LogP contribution in [-0.4, -0.2) is 18.2 Å². The minimum Gasteiger partial charge on any atom is -0.375 e. The Morgan fingerprint density at radius 2 is 2.00 bits per heavy atom. The summed E-state index contributed by atoms with van der Waals surface area (Å²) in [4.78, 5) is 2.18. The second-order valence-electron chi connectivity index (χ2n) is 4.90. The molecule has 0 radical (unpaired) electrons. The van der Waals surface area contributed by atoms with Crippen molar-refractivity contribution in [2.45, 2.75) is 33.9 Å². The molecule has 0 saturated heterocycles. The first kappa shape index (κ1) is 15.2. The Hall–Kier alpha value is -2.17. The second-order valence-corrected chi connectivity index (χ2v) is 4.90. The van der Waals surface area contributed by atoms with E-state index in [1.54, 1.807) is 0 Å². The lowest BCUT2D eigenvalue weighted by Crippen LogP contribution is -2.30. The number of hydrogen-bond donors (Lipinski definition) is 0. The van der Waals surface area contributed by atoms with E-state index in [4.69, 9.17) is 0 Å². The molecule has 0 amide bonds. The van der Waals surface area contributed by atoms with Crippen LogP contribution in [0.3, 0.4) is 0 Å². The summed E-state index contributed by atoms with van der Waals surface area (Å²) in [7, 11) is 2.07. The minimum atomic E-state index is 0.874. The number of azo groups is 1. The van der Waals surface area contributed by atoms with Crippen LogP contribution in [0.25, 0.3) is 0 Å². The summed E-state index contributed by atoms with van der Waals surface area (Å²) in [5, 5.41) is 8.84. The minimum absolute atomic E-state index is 0.874. The monoisotopic (exact) mass is 286 g/mol. The third-order valence-corrected chi connectivity index (χ3v) is 3.62. The van der Waals surface area contributed by atoms with Crippen LogP contribution >= 0.6 is 0 Å². The molecule has 0 aliphatic carbocycles. The third kappa shape index (κ3) is 3.48. The maximum atomic E-state index is 4.44. The number of anilines is 1. The first-order chi connectivity index (χ1) is 10.2. The molecule has 0 aliphatic heterocycles. The molecule has 2 aromatic rings. The highest BCUT2D eigenvalue weighted by Crippen LogP contribution is 2.22. The SMILES string of the molecule is CCN(C)c1cccc(N=Nc2n(CC)cc[n+]2CC)c1. The number of rotatable bonds is 6. The lowest BCUT2D eigenvalue weighted by molar-refractivity contribution is -0.680. The van der Waals surface area contributed by atoms with Gasteiger partial charge in [-0.25, -0.2) is 9.13 Å². The van der Waals surface area contributed by atoms with Crippen LogP contribution in [0.2, 0.25) is 0 Å². The van der Waals surface area contributed by atoms with Crippen molar-refractivity contribution in [3.8, 4) is 0 Å². The van der Waals surface area contributed by atoms with Gasteiger partial charge in [-0.05, 0) is 39.0 Å². The van der Waals surface area contributed by atoms with Crippen molar-refractivity contribution in [1.29, 1.82) is 0 Å². The van der Waals surface area contributed by atoms with E-state index < -0.39 is 0 Å². The summed E-state index contributed by atoms with van der Waals surface area (Å²) in [6.07, 6.45) is 4.08. The fraction of sp³-hybridized carbons (Fsp3) is 0.438. The highest BCUT2D eigenvalue weighted by molar-refractivity contribution is 5.54. The van der Waals surface area contributed by atoms with Gasteiger partial charge in [0.2, 0.25) is 0 Å². The first-order valence-corrected chi connectivity index (χ1v) is 7.51. The van der Waals surface area contributed by atoms with Gasteiger partial charge >= 0.3 is 5.95 Å². The van der Waals surface area contributed by atoms with Crippen LogP contribution in [-0.2, 0) is 13.1 Å². The molecule has 1 aromatic heterocycles. The Bertz CT molecular complexity index is 593. The van der Waals surface area contributed by atoms with Crippen molar-refractivity contribution in [1.82, 2.24) is 4.57 Å². The Kier molecular flexibility index (Phi) is 5.09. The van der Waals surface area contributed by atoms with Crippen molar-refractivity contribution >= 4 is 17.3 Å². The van der Waals surface area contributed by atoms with Crippen molar-refractivity contribution in [2.24, 2.45) is 10.2 Å². The van der Waals surface area contributed by atoms with E-state index in [1.807, 2.05) is 24.5 Å². The largest absolute Gasteiger partial charge is 0.421 e. The summed E-state index contributed by atoms with van der Waals surface area (Å²) < 4.78 is 4.18. The Labute approximate surface area is 126 Å². The van der Waals surface area contributed by atoms with Gasteiger partial charge in [-0.2, -0.15) is 0 Å². The standard InChI is InChI=1S/C16H24N5/c1-5-19(4)15-10-8-9-14(13-15)17-18-16-20(6-2)11-12-21(16)7-3/h8-13H,5-7H2,1-4H3/q+1. The summed E-state index contributed by atoms with van der Waals surface area (Å²) >= 11 is 0. The lowest BCUT2D eigenvalue weighted by atomic mass is 10.2. The zero-order chi connectivity index (χ0) is 15.2. The molecule has 0 unspecified atom stereocenters. The van der Waals surface area contributed by atoms with Gasteiger partial charge in [0.05, 0.1) is 25.5 Å². The Morgan fingerprint density at radius 1 is 1.19 bits per heavy atom. The molecule has 0 N–H and O–H groups in total. The molecule has 5 heteroatoms. The van der Waals surface area contributed by atoms with E-state index >= 15 is 0 Å². The van der Waals surface area contributed by atoms with Gasteiger partial charge in [0.1, 0.15) is 5.69 Å². The van der Waals surface area contributed by atoms with Gasteiger partial charge in [0.25, 0.3) is 0 Å². The molecule has 5 nitrogen and oxygen atoms in total. The number of aromatic nitrogens is 2. The fourth-order valence-corrected chi connectivity index (χ4v) is 2.15. The third-order valence-electron chi connectivity index (χ3n) is 3.62. The number of aryl methyl sites for hydroxylation is 2.